The average molecular weight is 288 g/mol. The first-order chi connectivity index (χ1) is 9.29. The van der Waals surface area contributed by atoms with Gasteiger partial charge in [0.05, 0.1) is 12.1 Å². The van der Waals surface area contributed by atoms with E-state index in [4.69, 9.17) is 10.0 Å². The fourth-order valence-corrected chi connectivity index (χ4v) is 1.69. The highest BCUT2D eigenvalue weighted by atomic mass is 19.4. The molecule has 0 amide bonds. The van der Waals surface area contributed by atoms with E-state index in [1.165, 1.54) is 12.3 Å². The van der Waals surface area contributed by atoms with Crippen LogP contribution in [0.1, 0.15) is 11.1 Å². The van der Waals surface area contributed by atoms with Gasteiger partial charge in [-0.2, -0.15) is 18.3 Å². The molecule has 2 rings (SSSR count). The molecule has 1 aromatic heterocycles. The largest absolute Gasteiger partial charge is 0.491 e. The summed E-state index contributed by atoms with van der Waals surface area (Å²) in [7, 11) is -1.74. The number of benzene rings is 1. The van der Waals surface area contributed by atoms with Crippen molar-refractivity contribution < 1.29 is 27.6 Å². The zero-order valence-corrected chi connectivity index (χ0v) is 9.97. The summed E-state index contributed by atoms with van der Waals surface area (Å²) in [5.41, 5.74) is -1.47. The highest BCUT2D eigenvalue weighted by Crippen LogP contribution is 2.32. The normalized spacial score (nSPS) is 11.7. The van der Waals surface area contributed by atoms with Crippen LogP contribution in [-0.4, -0.2) is 26.9 Å². The standard InChI is InChI=1S/C11H9BF4N2O2/c13-10-7(2-1-3-9(10)11(14,15)16)5-18-6-8(4-17-18)12(19)20/h1-4,6,19-20H,5H2. The number of rotatable bonds is 3. The lowest BCUT2D eigenvalue weighted by Gasteiger charge is -2.11. The third-order valence-electron chi connectivity index (χ3n) is 2.67. The molecule has 9 heteroatoms. The van der Waals surface area contributed by atoms with Crippen molar-refractivity contribution in [3.05, 3.63) is 47.5 Å². The van der Waals surface area contributed by atoms with Gasteiger partial charge in [-0.25, -0.2) is 4.39 Å². The van der Waals surface area contributed by atoms with Crippen molar-refractivity contribution in [2.75, 3.05) is 0 Å². The molecule has 0 bridgehead atoms. The molecule has 2 N–H and O–H groups in total. The van der Waals surface area contributed by atoms with Crippen LogP contribution < -0.4 is 5.46 Å². The van der Waals surface area contributed by atoms with E-state index in [1.54, 1.807) is 0 Å². The lowest BCUT2D eigenvalue weighted by molar-refractivity contribution is -0.140. The first-order valence-electron chi connectivity index (χ1n) is 5.52. The molecule has 2 aromatic rings. The maximum atomic E-state index is 13.8. The minimum atomic E-state index is -4.77. The van der Waals surface area contributed by atoms with Crippen molar-refractivity contribution in [3.63, 3.8) is 0 Å². The maximum Gasteiger partial charge on any atom is 0.491 e. The van der Waals surface area contributed by atoms with Crippen LogP contribution in [0.3, 0.4) is 0 Å². The Bertz CT molecular complexity index is 613. The van der Waals surface area contributed by atoms with E-state index in [1.807, 2.05) is 0 Å². The Balaban J connectivity index is 2.29. The van der Waals surface area contributed by atoms with E-state index >= 15 is 0 Å². The number of hydrogen-bond donors (Lipinski definition) is 2. The van der Waals surface area contributed by atoms with Crippen LogP contribution in [0, 0.1) is 5.82 Å². The third-order valence-corrected chi connectivity index (χ3v) is 2.67. The molecule has 20 heavy (non-hydrogen) atoms. The number of hydrogen-bond acceptors (Lipinski definition) is 3. The van der Waals surface area contributed by atoms with E-state index < -0.39 is 24.7 Å². The summed E-state index contributed by atoms with van der Waals surface area (Å²) in [5.74, 6) is -1.36. The third kappa shape index (κ3) is 2.99. The highest BCUT2D eigenvalue weighted by molar-refractivity contribution is 6.58. The summed E-state index contributed by atoms with van der Waals surface area (Å²) in [4.78, 5) is 0. The Kier molecular flexibility index (Phi) is 3.82. The van der Waals surface area contributed by atoms with Crippen LogP contribution in [-0.2, 0) is 12.7 Å². The second-order valence-electron chi connectivity index (χ2n) is 4.12. The van der Waals surface area contributed by atoms with Crippen molar-refractivity contribution in [2.45, 2.75) is 12.7 Å². The lowest BCUT2D eigenvalue weighted by Crippen LogP contribution is -2.28. The molecular weight excluding hydrogens is 279 g/mol. The van der Waals surface area contributed by atoms with Gasteiger partial charge in [0, 0.05) is 23.4 Å². The molecule has 0 saturated heterocycles. The van der Waals surface area contributed by atoms with Gasteiger partial charge in [0.2, 0.25) is 0 Å². The van der Waals surface area contributed by atoms with E-state index in [0.29, 0.717) is 6.07 Å². The zero-order chi connectivity index (χ0) is 14.9. The molecule has 0 aliphatic carbocycles. The molecule has 1 aromatic carbocycles. The Hall–Kier alpha value is -1.87. The summed E-state index contributed by atoms with van der Waals surface area (Å²) >= 11 is 0. The van der Waals surface area contributed by atoms with Crippen LogP contribution in [0.15, 0.2) is 30.6 Å². The van der Waals surface area contributed by atoms with Crippen molar-refractivity contribution in [3.8, 4) is 0 Å². The average Bonchev–Trinajstić information content (AvgIpc) is 2.79. The molecule has 0 saturated carbocycles. The van der Waals surface area contributed by atoms with Crippen molar-refractivity contribution in [1.82, 2.24) is 9.78 Å². The minimum Gasteiger partial charge on any atom is -0.423 e. The number of halogens is 4. The fraction of sp³-hybridized carbons (Fsp3) is 0.182. The summed E-state index contributed by atoms with van der Waals surface area (Å²) in [5, 5.41) is 21.5. The molecule has 106 valence electrons. The summed E-state index contributed by atoms with van der Waals surface area (Å²) in [6, 6.07) is 2.97. The molecule has 4 nitrogen and oxygen atoms in total. The van der Waals surface area contributed by atoms with Crippen molar-refractivity contribution in [2.24, 2.45) is 0 Å². The second-order valence-corrected chi connectivity index (χ2v) is 4.12. The van der Waals surface area contributed by atoms with Gasteiger partial charge in [0.15, 0.2) is 0 Å². The molecule has 0 fully saturated rings. The number of aromatic nitrogens is 2. The van der Waals surface area contributed by atoms with Crippen molar-refractivity contribution in [1.29, 1.82) is 0 Å². The minimum absolute atomic E-state index is 0.0670. The Labute approximate surface area is 111 Å². The van der Waals surface area contributed by atoms with Crippen LogP contribution in [0.25, 0.3) is 0 Å². The molecule has 0 spiro atoms. The Morgan fingerprint density at radius 1 is 1.25 bits per heavy atom. The van der Waals surface area contributed by atoms with Gasteiger partial charge < -0.3 is 10.0 Å². The predicted molar refractivity (Wildman–Crippen MR) is 62.6 cm³/mol. The molecule has 0 aliphatic rings. The monoisotopic (exact) mass is 288 g/mol. The van der Waals surface area contributed by atoms with Crippen LogP contribution in [0.4, 0.5) is 17.6 Å². The summed E-state index contributed by atoms with van der Waals surface area (Å²) in [6.07, 6.45) is -2.42. The molecule has 0 atom stereocenters. The van der Waals surface area contributed by atoms with Crippen LogP contribution >= 0.6 is 0 Å². The van der Waals surface area contributed by atoms with Gasteiger partial charge >= 0.3 is 13.3 Å². The maximum absolute atomic E-state index is 13.8. The van der Waals surface area contributed by atoms with E-state index in [2.05, 4.69) is 5.10 Å². The first-order valence-corrected chi connectivity index (χ1v) is 5.52. The van der Waals surface area contributed by atoms with Gasteiger partial charge in [0.25, 0.3) is 0 Å². The predicted octanol–water partition coefficient (Wildman–Crippen LogP) is 0.769. The van der Waals surface area contributed by atoms with Crippen LogP contribution in [0.2, 0.25) is 0 Å². The van der Waals surface area contributed by atoms with Gasteiger partial charge in [0.1, 0.15) is 5.82 Å². The highest BCUT2D eigenvalue weighted by Gasteiger charge is 2.34. The second kappa shape index (κ2) is 5.26. The molecular formula is C11H9BF4N2O2. The fourth-order valence-electron chi connectivity index (χ4n) is 1.69. The topological polar surface area (TPSA) is 58.3 Å². The molecule has 0 unspecified atom stereocenters. The smallest absolute Gasteiger partial charge is 0.423 e. The SMILES string of the molecule is OB(O)c1cnn(Cc2cccc(C(F)(F)F)c2F)c1. The van der Waals surface area contributed by atoms with Gasteiger partial charge in [-0.15, -0.1) is 0 Å². The van der Waals surface area contributed by atoms with E-state index in [-0.39, 0.29) is 17.6 Å². The summed E-state index contributed by atoms with van der Waals surface area (Å²) in [6.45, 7) is -0.248. The van der Waals surface area contributed by atoms with Gasteiger partial charge in [-0.05, 0) is 6.07 Å². The van der Waals surface area contributed by atoms with Gasteiger partial charge in [-0.1, -0.05) is 12.1 Å². The quantitative estimate of drug-likeness (QED) is 0.648. The Morgan fingerprint density at radius 3 is 2.50 bits per heavy atom. The van der Waals surface area contributed by atoms with Crippen molar-refractivity contribution >= 4 is 12.6 Å². The number of alkyl halides is 3. The molecule has 1 heterocycles. The van der Waals surface area contributed by atoms with E-state index in [9.17, 15) is 17.6 Å². The first kappa shape index (κ1) is 14.5. The molecule has 0 aliphatic heterocycles. The Morgan fingerprint density at radius 2 is 1.95 bits per heavy atom. The summed E-state index contributed by atoms with van der Waals surface area (Å²) < 4.78 is 52.5. The molecule has 0 radical (unpaired) electrons. The van der Waals surface area contributed by atoms with Crippen LogP contribution in [0.5, 0.6) is 0 Å². The number of nitrogens with zero attached hydrogens (tertiary/aromatic N) is 2. The lowest BCUT2D eigenvalue weighted by atomic mass is 9.83. The van der Waals surface area contributed by atoms with E-state index in [0.717, 1.165) is 16.9 Å². The zero-order valence-electron chi connectivity index (χ0n) is 9.97. The van der Waals surface area contributed by atoms with Gasteiger partial charge in [-0.3, -0.25) is 4.68 Å².